The van der Waals surface area contributed by atoms with Gasteiger partial charge in [0.05, 0.1) is 13.2 Å². The summed E-state index contributed by atoms with van der Waals surface area (Å²) in [6.45, 7) is 19.3. The minimum Gasteiger partial charge on any atom is -0.491 e. The Balaban J connectivity index is 0. The first-order valence-electron chi connectivity index (χ1n) is 11.9. The molecule has 0 radical (unpaired) electrons. The monoisotopic (exact) mass is 434 g/mol. The largest absolute Gasteiger partial charge is 0.491 e. The van der Waals surface area contributed by atoms with Crippen molar-refractivity contribution in [3.05, 3.63) is 60.7 Å². The number of epoxide rings is 2. The molecule has 0 spiro atoms. The summed E-state index contributed by atoms with van der Waals surface area (Å²) >= 11 is 0. The first-order chi connectivity index (χ1) is 15.3. The molecular weight excluding hydrogens is 388 g/mol. The highest BCUT2D eigenvalue weighted by atomic mass is 16.6. The van der Waals surface area contributed by atoms with Crippen molar-refractivity contribution in [3.63, 3.8) is 0 Å². The summed E-state index contributed by atoms with van der Waals surface area (Å²) in [6.07, 6.45) is 1.94. The zero-order chi connectivity index (χ0) is 23.7. The van der Waals surface area contributed by atoms with Gasteiger partial charge in [0.2, 0.25) is 0 Å². The second-order valence-electron chi connectivity index (χ2n) is 5.87. The van der Waals surface area contributed by atoms with Crippen molar-refractivity contribution in [1.82, 2.24) is 0 Å². The van der Waals surface area contributed by atoms with Gasteiger partial charge in [-0.2, -0.15) is 0 Å². The third kappa shape index (κ3) is 21.0. The van der Waals surface area contributed by atoms with Crippen LogP contribution in [-0.4, -0.2) is 38.6 Å². The van der Waals surface area contributed by atoms with Gasteiger partial charge in [0.1, 0.15) is 36.9 Å². The van der Waals surface area contributed by atoms with Gasteiger partial charge in [-0.25, -0.2) is 0 Å². The Morgan fingerprint density at radius 1 is 0.613 bits per heavy atom. The van der Waals surface area contributed by atoms with Gasteiger partial charge in [0.15, 0.2) is 0 Å². The van der Waals surface area contributed by atoms with Gasteiger partial charge in [-0.1, -0.05) is 98.2 Å². The van der Waals surface area contributed by atoms with Crippen molar-refractivity contribution < 1.29 is 18.9 Å². The van der Waals surface area contributed by atoms with E-state index >= 15 is 0 Å². The van der Waals surface area contributed by atoms with Crippen molar-refractivity contribution in [2.24, 2.45) is 0 Å². The van der Waals surface area contributed by atoms with Crippen LogP contribution in [0.25, 0.3) is 0 Å². The van der Waals surface area contributed by atoms with E-state index in [-0.39, 0.29) is 0 Å². The number of para-hydroxylation sites is 2. The van der Waals surface area contributed by atoms with Crippen LogP contribution in [0.3, 0.4) is 0 Å². The average molecular weight is 435 g/mol. The topological polar surface area (TPSA) is 43.5 Å². The van der Waals surface area contributed by atoms with Gasteiger partial charge in [-0.3, -0.25) is 0 Å². The molecule has 31 heavy (non-hydrogen) atoms. The molecule has 2 fully saturated rings. The van der Waals surface area contributed by atoms with Gasteiger partial charge in [-0.15, -0.1) is 0 Å². The van der Waals surface area contributed by atoms with Crippen molar-refractivity contribution in [2.45, 2.75) is 74.0 Å². The molecule has 2 heterocycles. The summed E-state index contributed by atoms with van der Waals surface area (Å²) in [4.78, 5) is 0. The summed E-state index contributed by atoms with van der Waals surface area (Å²) < 4.78 is 20.8. The lowest BCUT2D eigenvalue weighted by atomic mass is 10.3. The lowest BCUT2D eigenvalue weighted by Crippen LogP contribution is -2.03. The van der Waals surface area contributed by atoms with Crippen LogP contribution >= 0.6 is 0 Å². The number of hydrogen-bond donors (Lipinski definition) is 0. The summed E-state index contributed by atoms with van der Waals surface area (Å²) in [5, 5.41) is 0. The predicted molar refractivity (Wildman–Crippen MR) is 133 cm³/mol. The summed E-state index contributed by atoms with van der Waals surface area (Å²) in [5.41, 5.74) is 0. The average Bonchev–Trinajstić information content (AvgIpc) is 3.78. The SMILES string of the molecule is CC.CC.CC.CCC.c1ccc(OCC2CO2)cc1.c1ccc(OCC2CO2)cc1. The summed E-state index contributed by atoms with van der Waals surface area (Å²) in [5.74, 6) is 1.84. The minimum absolute atomic E-state index is 0.343. The molecule has 0 aliphatic carbocycles. The Labute approximate surface area is 191 Å². The van der Waals surface area contributed by atoms with E-state index in [0.29, 0.717) is 25.4 Å². The maximum Gasteiger partial charge on any atom is 0.119 e. The van der Waals surface area contributed by atoms with E-state index in [0.717, 1.165) is 24.7 Å². The first kappa shape index (κ1) is 31.1. The van der Waals surface area contributed by atoms with Crippen LogP contribution in [0, 0.1) is 0 Å². The van der Waals surface area contributed by atoms with E-state index < -0.39 is 0 Å². The van der Waals surface area contributed by atoms with Crippen LogP contribution in [-0.2, 0) is 9.47 Å². The molecule has 178 valence electrons. The van der Waals surface area contributed by atoms with E-state index in [4.69, 9.17) is 18.9 Å². The molecule has 2 unspecified atom stereocenters. The van der Waals surface area contributed by atoms with Gasteiger partial charge in [-0.05, 0) is 24.3 Å². The lowest BCUT2D eigenvalue weighted by molar-refractivity contribution is 0.263. The highest BCUT2D eigenvalue weighted by Gasteiger charge is 2.23. The van der Waals surface area contributed by atoms with Crippen LogP contribution < -0.4 is 9.47 Å². The molecule has 4 nitrogen and oxygen atoms in total. The van der Waals surface area contributed by atoms with Crippen LogP contribution in [0.5, 0.6) is 11.5 Å². The van der Waals surface area contributed by atoms with Crippen LogP contribution in [0.2, 0.25) is 0 Å². The molecule has 4 rings (SSSR count). The second kappa shape index (κ2) is 24.2. The van der Waals surface area contributed by atoms with Crippen LogP contribution in [0.4, 0.5) is 0 Å². The second-order valence-corrected chi connectivity index (χ2v) is 5.87. The van der Waals surface area contributed by atoms with Gasteiger partial charge in [0, 0.05) is 0 Å². The van der Waals surface area contributed by atoms with Crippen LogP contribution in [0.1, 0.15) is 61.8 Å². The molecule has 2 atom stereocenters. The predicted octanol–water partition coefficient (Wildman–Crippen LogP) is 7.42. The van der Waals surface area contributed by atoms with Crippen molar-refractivity contribution in [1.29, 1.82) is 0 Å². The fourth-order valence-corrected chi connectivity index (χ4v) is 1.74. The summed E-state index contributed by atoms with van der Waals surface area (Å²) in [6, 6.07) is 19.6. The minimum atomic E-state index is 0.343. The molecule has 2 aliphatic rings. The highest BCUT2D eigenvalue weighted by molar-refractivity contribution is 5.21. The third-order valence-electron chi connectivity index (χ3n) is 3.16. The fourth-order valence-electron chi connectivity index (χ4n) is 1.74. The Morgan fingerprint density at radius 3 is 1.10 bits per heavy atom. The molecule has 2 aromatic carbocycles. The Morgan fingerprint density at radius 2 is 0.871 bits per heavy atom. The number of benzene rings is 2. The van der Waals surface area contributed by atoms with E-state index in [2.05, 4.69) is 13.8 Å². The normalized spacial score (nSPS) is 16.3. The molecule has 0 saturated carbocycles. The van der Waals surface area contributed by atoms with E-state index in [1.807, 2.05) is 102 Å². The first-order valence-corrected chi connectivity index (χ1v) is 11.9. The Bertz CT molecular complexity index is 500. The number of ether oxygens (including phenoxy) is 4. The molecule has 0 aromatic heterocycles. The van der Waals surface area contributed by atoms with Gasteiger partial charge >= 0.3 is 0 Å². The van der Waals surface area contributed by atoms with Crippen molar-refractivity contribution in [3.8, 4) is 11.5 Å². The molecule has 0 N–H and O–H groups in total. The molecule has 2 aliphatic heterocycles. The number of hydrogen-bond acceptors (Lipinski definition) is 4. The molecule has 2 saturated heterocycles. The fraction of sp³-hybridized carbons (Fsp3) is 0.556. The molecular formula is C27H46O4. The Hall–Kier alpha value is -2.04. The molecule has 0 amide bonds. The smallest absolute Gasteiger partial charge is 0.119 e. The van der Waals surface area contributed by atoms with Crippen LogP contribution in [0.15, 0.2) is 60.7 Å². The summed E-state index contributed by atoms with van der Waals surface area (Å²) in [7, 11) is 0. The van der Waals surface area contributed by atoms with Gasteiger partial charge in [0.25, 0.3) is 0 Å². The van der Waals surface area contributed by atoms with E-state index in [1.54, 1.807) is 0 Å². The maximum atomic E-state index is 5.40. The van der Waals surface area contributed by atoms with Crippen molar-refractivity contribution in [2.75, 3.05) is 26.4 Å². The quantitative estimate of drug-likeness (QED) is 0.444. The standard InChI is InChI=1S/2C9H10O2.C3H8.3C2H6/c2*1-2-4-8(5-3-1)10-6-9-7-11-9;1-3-2;3*1-2/h2*1-5,9H,6-7H2;3H2,1-2H3;3*1-2H3. The molecule has 4 heteroatoms. The van der Waals surface area contributed by atoms with E-state index in [9.17, 15) is 0 Å². The van der Waals surface area contributed by atoms with Crippen molar-refractivity contribution >= 4 is 0 Å². The highest BCUT2D eigenvalue weighted by Crippen LogP contribution is 2.14. The third-order valence-corrected chi connectivity index (χ3v) is 3.16. The Kier molecular flexibility index (Phi) is 24.3. The zero-order valence-electron chi connectivity index (χ0n) is 21.1. The molecule has 2 aromatic rings. The van der Waals surface area contributed by atoms with E-state index in [1.165, 1.54) is 6.42 Å². The van der Waals surface area contributed by atoms with Gasteiger partial charge < -0.3 is 18.9 Å². The molecule has 0 bridgehead atoms. The maximum absolute atomic E-state index is 5.40. The zero-order valence-corrected chi connectivity index (χ0v) is 21.1. The lowest BCUT2D eigenvalue weighted by Gasteiger charge is -2.01. The number of rotatable bonds is 6.